The zero-order valence-electron chi connectivity index (χ0n) is 16.2. The number of benzene rings is 2. The maximum Gasteiger partial charge on any atom is 0.259 e. The van der Waals surface area contributed by atoms with Crippen LogP contribution >= 0.6 is 0 Å². The van der Waals surface area contributed by atoms with Crippen LogP contribution in [0.4, 0.5) is 8.78 Å². The summed E-state index contributed by atoms with van der Waals surface area (Å²) in [6.45, 7) is 2.03. The van der Waals surface area contributed by atoms with Gasteiger partial charge in [0, 0.05) is 12.1 Å². The van der Waals surface area contributed by atoms with E-state index in [4.69, 9.17) is 14.7 Å². The molecule has 5 nitrogen and oxygen atoms in total. The molecule has 0 aliphatic rings. The number of ether oxygens (including phenoxy) is 2. The quantitative estimate of drug-likeness (QED) is 0.575. The van der Waals surface area contributed by atoms with Gasteiger partial charge < -0.3 is 14.4 Å². The van der Waals surface area contributed by atoms with Crippen molar-refractivity contribution in [3.8, 4) is 29.3 Å². The van der Waals surface area contributed by atoms with Crippen LogP contribution in [0, 0.1) is 29.9 Å². The maximum absolute atomic E-state index is 14.5. The highest BCUT2D eigenvalue weighted by molar-refractivity contribution is 5.40. The highest BCUT2D eigenvalue weighted by Gasteiger charge is 2.21. The lowest BCUT2D eigenvalue weighted by Gasteiger charge is -2.13. The van der Waals surface area contributed by atoms with Crippen molar-refractivity contribution < 1.29 is 18.3 Å². The lowest BCUT2D eigenvalue weighted by atomic mass is 10.2. The van der Waals surface area contributed by atoms with Crippen LogP contribution in [-0.4, -0.2) is 24.0 Å². The minimum atomic E-state index is -0.932. The Morgan fingerprint density at radius 1 is 0.966 bits per heavy atom. The first-order valence-electron chi connectivity index (χ1n) is 8.82. The Hall–Kier alpha value is -3.50. The average molecular weight is 395 g/mol. The SMILES string of the molecule is Cc1c(F)c(Oc2ccc(CN(C)C)cc2)nc(Oc2cccc(C#N)c2)c1F. The number of nitrogens with zero attached hydrogens (tertiary/aromatic N) is 3. The van der Waals surface area contributed by atoms with Gasteiger partial charge in [0.2, 0.25) is 0 Å². The molecule has 3 aromatic rings. The van der Waals surface area contributed by atoms with Gasteiger partial charge in [0.1, 0.15) is 11.5 Å². The van der Waals surface area contributed by atoms with Gasteiger partial charge in [-0.3, -0.25) is 0 Å². The summed E-state index contributed by atoms with van der Waals surface area (Å²) in [5.41, 5.74) is 1.13. The number of rotatable bonds is 6. The van der Waals surface area contributed by atoms with Crippen molar-refractivity contribution in [2.75, 3.05) is 14.1 Å². The average Bonchev–Trinajstić information content (AvgIpc) is 2.71. The van der Waals surface area contributed by atoms with Crippen molar-refractivity contribution in [3.05, 3.63) is 76.9 Å². The molecule has 0 spiro atoms. The van der Waals surface area contributed by atoms with E-state index in [0.717, 1.165) is 12.1 Å². The minimum absolute atomic E-state index is 0.209. The van der Waals surface area contributed by atoms with E-state index in [-0.39, 0.29) is 11.3 Å². The maximum atomic E-state index is 14.5. The summed E-state index contributed by atoms with van der Waals surface area (Å²) in [6, 6.07) is 15.2. The molecule has 0 fully saturated rings. The zero-order chi connectivity index (χ0) is 21.0. The predicted molar refractivity (Wildman–Crippen MR) is 104 cm³/mol. The number of aromatic nitrogens is 1. The molecule has 0 unspecified atom stereocenters. The molecule has 7 heteroatoms. The second kappa shape index (κ2) is 8.67. The molecule has 0 atom stereocenters. The molecule has 2 aromatic carbocycles. The summed E-state index contributed by atoms with van der Waals surface area (Å²) in [6.07, 6.45) is 0. The first-order valence-corrected chi connectivity index (χ1v) is 8.82. The van der Waals surface area contributed by atoms with Crippen LogP contribution in [0.5, 0.6) is 23.3 Å². The molecule has 0 amide bonds. The minimum Gasteiger partial charge on any atom is -0.436 e. The fourth-order valence-corrected chi connectivity index (χ4v) is 2.62. The lowest BCUT2D eigenvalue weighted by Crippen LogP contribution is -2.10. The van der Waals surface area contributed by atoms with Crippen molar-refractivity contribution in [1.29, 1.82) is 5.26 Å². The topological polar surface area (TPSA) is 58.4 Å². The van der Waals surface area contributed by atoms with Crippen molar-refractivity contribution in [2.24, 2.45) is 0 Å². The number of hydrogen-bond donors (Lipinski definition) is 0. The smallest absolute Gasteiger partial charge is 0.259 e. The van der Waals surface area contributed by atoms with Crippen molar-refractivity contribution in [2.45, 2.75) is 13.5 Å². The lowest BCUT2D eigenvalue weighted by molar-refractivity contribution is 0.372. The fourth-order valence-electron chi connectivity index (χ4n) is 2.62. The van der Waals surface area contributed by atoms with Gasteiger partial charge in [0.15, 0.2) is 11.6 Å². The van der Waals surface area contributed by atoms with Gasteiger partial charge in [-0.05, 0) is 56.9 Å². The third-order valence-electron chi connectivity index (χ3n) is 4.05. The van der Waals surface area contributed by atoms with E-state index in [0.29, 0.717) is 11.3 Å². The Morgan fingerprint density at radius 2 is 1.59 bits per heavy atom. The van der Waals surface area contributed by atoms with Gasteiger partial charge in [0.25, 0.3) is 11.8 Å². The summed E-state index contributed by atoms with van der Waals surface area (Å²) in [4.78, 5) is 5.88. The second-order valence-corrected chi connectivity index (χ2v) is 6.70. The number of halogens is 2. The summed E-state index contributed by atoms with van der Waals surface area (Å²) in [7, 11) is 3.91. The Labute approximate surface area is 167 Å². The Bertz CT molecular complexity index is 1060. The monoisotopic (exact) mass is 395 g/mol. The van der Waals surface area contributed by atoms with E-state index in [1.165, 1.54) is 13.0 Å². The van der Waals surface area contributed by atoms with Crippen LogP contribution in [-0.2, 0) is 6.54 Å². The Balaban J connectivity index is 1.88. The fraction of sp³-hybridized carbons (Fsp3) is 0.182. The van der Waals surface area contributed by atoms with E-state index in [1.807, 2.05) is 37.2 Å². The van der Waals surface area contributed by atoms with Crippen molar-refractivity contribution >= 4 is 0 Å². The van der Waals surface area contributed by atoms with Gasteiger partial charge in [-0.2, -0.15) is 10.2 Å². The highest BCUT2D eigenvalue weighted by atomic mass is 19.1. The molecule has 0 saturated carbocycles. The summed E-state index contributed by atoms with van der Waals surface area (Å²) in [5.74, 6) is -2.09. The van der Waals surface area contributed by atoms with E-state index >= 15 is 0 Å². The van der Waals surface area contributed by atoms with Gasteiger partial charge in [-0.25, -0.2) is 8.78 Å². The third kappa shape index (κ3) is 4.86. The van der Waals surface area contributed by atoms with E-state index in [2.05, 4.69) is 4.98 Å². The Kier molecular flexibility index (Phi) is 6.05. The first kappa shape index (κ1) is 20.2. The van der Waals surface area contributed by atoms with Crippen molar-refractivity contribution in [1.82, 2.24) is 9.88 Å². The van der Waals surface area contributed by atoms with Gasteiger partial charge in [0.05, 0.1) is 11.6 Å². The number of hydrogen-bond acceptors (Lipinski definition) is 5. The van der Waals surface area contributed by atoms with Crippen LogP contribution in [0.25, 0.3) is 0 Å². The van der Waals surface area contributed by atoms with Crippen LogP contribution in [0.3, 0.4) is 0 Å². The van der Waals surface area contributed by atoms with Gasteiger partial charge >= 0.3 is 0 Å². The van der Waals surface area contributed by atoms with Gasteiger partial charge in [-0.15, -0.1) is 0 Å². The van der Waals surface area contributed by atoms with Crippen LogP contribution < -0.4 is 9.47 Å². The highest BCUT2D eigenvalue weighted by Crippen LogP contribution is 2.32. The standard InChI is InChI=1S/C22H19F2N3O2/c1-14-19(23)21(28-17-9-7-15(8-10-17)13-27(2)3)26-22(20(14)24)29-18-6-4-5-16(11-18)12-25/h4-11H,13H2,1-3H3. The summed E-state index contributed by atoms with van der Waals surface area (Å²) in [5, 5.41) is 8.97. The normalized spacial score (nSPS) is 10.7. The van der Waals surface area contributed by atoms with Crippen LogP contribution in [0.2, 0.25) is 0 Å². The van der Waals surface area contributed by atoms with Crippen LogP contribution in [0.15, 0.2) is 48.5 Å². The molecule has 0 bridgehead atoms. The summed E-state index contributed by atoms with van der Waals surface area (Å²) >= 11 is 0. The molecule has 0 radical (unpaired) electrons. The Morgan fingerprint density at radius 3 is 2.17 bits per heavy atom. The third-order valence-corrected chi connectivity index (χ3v) is 4.05. The molecule has 29 heavy (non-hydrogen) atoms. The molecular weight excluding hydrogens is 376 g/mol. The van der Waals surface area contributed by atoms with Crippen molar-refractivity contribution in [3.63, 3.8) is 0 Å². The second-order valence-electron chi connectivity index (χ2n) is 6.70. The number of pyridine rings is 1. The molecule has 148 valence electrons. The molecule has 0 aliphatic carbocycles. The predicted octanol–water partition coefficient (Wildman–Crippen LogP) is 5.19. The van der Waals surface area contributed by atoms with E-state index < -0.39 is 23.4 Å². The van der Waals surface area contributed by atoms with E-state index in [1.54, 1.807) is 30.3 Å². The zero-order valence-corrected chi connectivity index (χ0v) is 16.2. The molecule has 0 N–H and O–H groups in total. The largest absolute Gasteiger partial charge is 0.436 e. The molecule has 0 saturated heterocycles. The molecule has 1 heterocycles. The molecule has 1 aromatic heterocycles. The van der Waals surface area contributed by atoms with Crippen LogP contribution in [0.1, 0.15) is 16.7 Å². The van der Waals surface area contributed by atoms with E-state index in [9.17, 15) is 8.78 Å². The number of nitriles is 1. The van der Waals surface area contributed by atoms with Gasteiger partial charge in [-0.1, -0.05) is 18.2 Å². The molecule has 3 rings (SSSR count). The molecular formula is C22H19F2N3O2. The summed E-state index contributed by atoms with van der Waals surface area (Å²) < 4.78 is 39.9. The first-order chi connectivity index (χ1) is 13.9. The molecule has 0 aliphatic heterocycles.